The molecule has 1 amide bonds. The van der Waals surface area contributed by atoms with Gasteiger partial charge >= 0.3 is 13.2 Å². The van der Waals surface area contributed by atoms with Gasteiger partial charge in [-0.3, -0.25) is 0 Å². The van der Waals surface area contributed by atoms with Crippen molar-refractivity contribution in [2.24, 2.45) is 0 Å². The Bertz CT molecular complexity index is 928. The minimum absolute atomic E-state index is 0.319. The first-order valence-corrected chi connectivity index (χ1v) is 11.3. The van der Waals surface area contributed by atoms with E-state index >= 15 is 0 Å². The second-order valence-electron chi connectivity index (χ2n) is 11.0. The van der Waals surface area contributed by atoms with Crippen LogP contribution in [0.3, 0.4) is 0 Å². The van der Waals surface area contributed by atoms with Crippen molar-refractivity contribution in [3.05, 3.63) is 35.7 Å². The Morgan fingerprint density at radius 2 is 1.69 bits per heavy atom. The van der Waals surface area contributed by atoms with Gasteiger partial charge in [0, 0.05) is 31.5 Å². The standard InChI is InChI=1S/C24H33BFNO5/c1-21(2,3)30-20(28)27-12-10-24(11-13-27)15-18(17-14-16(26)8-9-19(17)29-24)25-31-22(4,5)23(6,7)32-25/h8-9,14-15H,10-13H2,1-7H3. The molecule has 8 heteroatoms. The Hall–Kier alpha value is -2.06. The molecule has 0 atom stereocenters. The van der Waals surface area contributed by atoms with Gasteiger partial charge in [-0.15, -0.1) is 0 Å². The van der Waals surface area contributed by atoms with Gasteiger partial charge in [0.15, 0.2) is 0 Å². The number of benzene rings is 1. The Labute approximate surface area is 190 Å². The fraction of sp³-hybridized carbons (Fsp3) is 0.625. The smallest absolute Gasteiger partial charge is 0.482 e. The van der Waals surface area contributed by atoms with Gasteiger partial charge in [0.2, 0.25) is 0 Å². The van der Waals surface area contributed by atoms with Crippen molar-refractivity contribution < 1.29 is 28.0 Å². The zero-order chi connectivity index (χ0) is 23.5. The van der Waals surface area contributed by atoms with Crippen LogP contribution < -0.4 is 4.74 Å². The first-order chi connectivity index (χ1) is 14.7. The molecule has 0 N–H and O–H groups in total. The number of ether oxygens (including phenoxy) is 2. The van der Waals surface area contributed by atoms with Crippen LogP contribution in [0.4, 0.5) is 9.18 Å². The molecule has 2 saturated heterocycles. The third-order valence-electron chi connectivity index (χ3n) is 6.75. The van der Waals surface area contributed by atoms with E-state index in [1.54, 1.807) is 11.0 Å². The molecule has 0 radical (unpaired) electrons. The summed E-state index contributed by atoms with van der Waals surface area (Å²) in [4.78, 5) is 14.2. The average Bonchev–Trinajstić information content (AvgIpc) is 2.88. The van der Waals surface area contributed by atoms with E-state index < -0.39 is 29.5 Å². The Morgan fingerprint density at radius 3 is 2.25 bits per heavy atom. The first kappa shape index (κ1) is 23.1. The highest BCUT2D eigenvalue weighted by Gasteiger charge is 2.54. The number of hydrogen-bond acceptors (Lipinski definition) is 5. The monoisotopic (exact) mass is 445 g/mol. The number of carbonyl (C=O) groups is 1. The molecule has 0 saturated carbocycles. The highest BCUT2D eigenvalue weighted by atomic mass is 19.1. The number of nitrogens with zero attached hydrogens (tertiary/aromatic N) is 1. The summed E-state index contributed by atoms with van der Waals surface area (Å²) in [6.45, 7) is 14.5. The summed E-state index contributed by atoms with van der Waals surface area (Å²) in [6, 6.07) is 4.52. The molecule has 3 aliphatic heterocycles. The van der Waals surface area contributed by atoms with Crippen molar-refractivity contribution in [2.45, 2.75) is 83.7 Å². The van der Waals surface area contributed by atoms with Gasteiger partial charge in [-0.1, -0.05) is 0 Å². The summed E-state index contributed by atoms with van der Waals surface area (Å²) in [5.74, 6) is 0.259. The van der Waals surface area contributed by atoms with Crippen LogP contribution in [-0.2, 0) is 14.0 Å². The molecule has 3 heterocycles. The summed E-state index contributed by atoms with van der Waals surface area (Å²) in [5.41, 5.74) is -0.781. The maximum absolute atomic E-state index is 14.1. The topological polar surface area (TPSA) is 57.2 Å². The second kappa shape index (κ2) is 7.49. The summed E-state index contributed by atoms with van der Waals surface area (Å²) < 4.78 is 38.7. The van der Waals surface area contributed by atoms with Gasteiger partial charge in [-0.25, -0.2) is 9.18 Å². The lowest BCUT2D eigenvalue weighted by molar-refractivity contribution is -0.00122. The van der Waals surface area contributed by atoms with Gasteiger partial charge < -0.3 is 23.7 Å². The van der Waals surface area contributed by atoms with Crippen LogP contribution >= 0.6 is 0 Å². The van der Waals surface area contributed by atoms with Crippen LogP contribution in [-0.4, -0.2) is 53.6 Å². The van der Waals surface area contributed by atoms with Crippen LogP contribution in [0.1, 0.15) is 66.9 Å². The quantitative estimate of drug-likeness (QED) is 0.570. The minimum Gasteiger partial charge on any atom is -0.482 e. The van der Waals surface area contributed by atoms with Gasteiger partial charge in [0.1, 0.15) is 22.8 Å². The van der Waals surface area contributed by atoms with Gasteiger partial charge in [-0.2, -0.15) is 0 Å². The van der Waals surface area contributed by atoms with Crippen molar-refractivity contribution in [2.75, 3.05) is 13.1 Å². The molecule has 6 nitrogen and oxygen atoms in total. The van der Waals surface area contributed by atoms with Crippen LogP contribution in [0.15, 0.2) is 24.3 Å². The Balaban J connectivity index is 1.62. The number of halogens is 1. The zero-order valence-corrected chi connectivity index (χ0v) is 20.1. The number of rotatable bonds is 1. The fourth-order valence-corrected chi connectivity index (χ4v) is 4.23. The maximum Gasteiger partial charge on any atom is 0.495 e. The minimum atomic E-state index is -0.634. The van der Waals surface area contributed by atoms with Gasteiger partial charge in [-0.05, 0) is 78.2 Å². The highest BCUT2D eigenvalue weighted by Crippen LogP contribution is 2.47. The van der Waals surface area contributed by atoms with E-state index in [2.05, 4.69) is 0 Å². The third kappa shape index (κ3) is 4.27. The largest absolute Gasteiger partial charge is 0.495 e. The molecule has 32 heavy (non-hydrogen) atoms. The summed E-state index contributed by atoms with van der Waals surface area (Å²) >= 11 is 0. The first-order valence-electron chi connectivity index (χ1n) is 11.3. The molecule has 1 aromatic carbocycles. The van der Waals surface area contributed by atoms with Gasteiger partial charge in [0.05, 0.1) is 11.2 Å². The van der Waals surface area contributed by atoms with E-state index in [1.165, 1.54) is 12.1 Å². The molecule has 0 unspecified atom stereocenters. The third-order valence-corrected chi connectivity index (χ3v) is 6.75. The van der Waals surface area contributed by atoms with Crippen molar-refractivity contribution in [1.29, 1.82) is 0 Å². The van der Waals surface area contributed by atoms with E-state index in [1.807, 2.05) is 54.5 Å². The summed E-state index contributed by atoms with van der Waals surface area (Å²) in [7, 11) is -0.634. The molecule has 0 aromatic heterocycles. The lowest BCUT2D eigenvalue weighted by Gasteiger charge is -2.43. The van der Waals surface area contributed by atoms with E-state index in [0.29, 0.717) is 37.2 Å². The van der Waals surface area contributed by atoms with E-state index in [0.717, 1.165) is 5.47 Å². The summed E-state index contributed by atoms with van der Waals surface area (Å²) in [6.07, 6.45) is 2.88. The molecular weight excluding hydrogens is 412 g/mol. The predicted molar refractivity (Wildman–Crippen MR) is 121 cm³/mol. The number of fused-ring (bicyclic) bond motifs is 1. The highest BCUT2D eigenvalue weighted by molar-refractivity contribution is 6.69. The number of likely N-dealkylation sites (tertiary alicyclic amines) is 1. The lowest BCUT2D eigenvalue weighted by atomic mass is 9.69. The molecular formula is C24H33BFNO5. The second-order valence-corrected chi connectivity index (χ2v) is 11.0. The molecule has 0 bridgehead atoms. The van der Waals surface area contributed by atoms with Crippen molar-refractivity contribution >= 4 is 18.7 Å². The van der Waals surface area contributed by atoms with Crippen LogP contribution in [0, 0.1) is 5.82 Å². The van der Waals surface area contributed by atoms with Crippen molar-refractivity contribution in [1.82, 2.24) is 4.90 Å². The SMILES string of the molecule is CC(C)(C)OC(=O)N1CCC2(C=C(B3OC(C)(C)C(C)(C)O3)c3cc(F)ccc3O2)CC1. The Morgan fingerprint density at radius 1 is 1.09 bits per heavy atom. The molecule has 2 fully saturated rings. The van der Waals surface area contributed by atoms with E-state index in [9.17, 15) is 9.18 Å². The molecule has 1 aromatic rings. The predicted octanol–water partition coefficient (Wildman–Crippen LogP) is 5.00. The average molecular weight is 445 g/mol. The van der Waals surface area contributed by atoms with Crippen LogP contribution in [0.2, 0.25) is 0 Å². The zero-order valence-electron chi connectivity index (χ0n) is 20.1. The van der Waals surface area contributed by atoms with Crippen LogP contribution in [0.5, 0.6) is 5.75 Å². The number of amides is 1. The number of hydrogen-bond donors (Lipinski definition) is 0. The number of piperidine rings is 1. The van der Waals surface area contributed by atoms with Crippen molar-refractivity contribution in [3.8, 4) is 5.75 Å². The van der Waals surface area contributed by atoms with Gasteiger partial charge in [0.25, 0.3) is 0 Å². The molecule has 4 rings (SSSR count). The molecule has 174 valence electrons. The maximum atomic E-state index is 14.1. The normalized spacial score (nSPS) is 23.4. The molecule has 1 spiro atoms. The van der Waals surface area contributed by atoms with E-state index in [4.69, 9.17) is 18.8 Å². The summed E-state index contributed by atoms with van der Waals surface area (Å²) in [5, 5.41) is 0. The number of carbonyl (C=O) groups excluding carboxylic acids is 1. The fourth-order valence-electron chi connectivity index (χ4n) is 4.23. The lowest BCUT2D eigenvalue weighted by Crippen LogP contribution is -2.51. The molecule has 3 aliphatic rings. The van der Waals surface area contributed by atoms with Crippen molar-refractivity contribution in [3.63, 3.8) is 0 Å². The molecule has 0 aliphatic carbocycles. The van der Waals surface area contributed by atoms with Crippen LogP contribution in [0.25, 0.3) is 5.47 Å². The Kier molecular flexibility index (Phi) is 5.41. The van der Waals surface area contributed by atoms with E-state index in [-0.39, 0.29) is 11.9 Å².